The van der Waals surface area contributed by atoms with E-state index in [1.165, 1.54) is 5.56 Å². The minimum atomic E-state index is 0.277. The normalized spacial score (nSPS) is 12.7. The van der Waals surface area contributed by atoms with E-state index in [1.54, 1.807) is 0 Å². The van der Waals surface area contributed by atoms with Crippen LogP contribution in [0.15, 0.2) is 28.7 Å². The van der Waals surface area contributed by atoms with Crippen LogP contribution in [0.5, 0.6) is 0 Å². The molecule has 2 aromatic rings. The molecule has 1 aromatic carbocycles. The molecule has 5 heteroatoms. The maximum atomic E-state index is 4.14. The molecule has 0 aliphatic rings. The van der Waals surface area contributed by atoms with Crippen molar-refractivity contribution in [3.05, 3.63) is 46.0 Å². The number of hydrogen-bond acceptors (Lipinski definition) is 3. The second kappa shape index (κ2) is 5.63. The first-order chi connectivity index (χ1) is 8.58. The van der Waals surface area contributed by atoms with Gasteiger partial charge in [-0.05, 0) is 31.5 Å². The summed E-state index contributed by atoms with van der Waals surface area (Å²) < 4.78 is 3.10. The smallest absolute Gasteiger partial charge is 0.146 e. The molecule has 4 nitrogen and oxygen atoms in total. The number of halogens is 1. The van der Waals surface area contributed by atoms with Gasteiger partial charge in [0.15, 0.2) is 0 Å². The monoisotopic (exact) mass is 308 g/mol. The first-order valence-corrected chi connectivity index (χ1v) is 6.71. The van der Waals surface area contributed by atoms with Crippen molar-refractivity contribution in [2.24, 2.45) is 7.05 Å². The fourth-order valence-corrected chi connectivity index (χ4v) is 2.16. The summed E-state index contributed by atoms with van der Waals surface area (Å²) in [5.41, 5.74) is 1.25. The van der Waals surface area contributed by atoms with Gasteiger partial charge in [-0.2, -0.15) is 0 Å². The van der Waals surface area contributed by atoms with Gasteiger partial charge >= 0.3 is 0 Å². The zero-order chi connectivity index (χ0) is 13.1. The Labute approximate surface area is 116 Å². The quantitative estimate of drug-likeness (QED) is 0.944. The lowest BCUT2D eigenvalue weighted by atomic mass is 10.1. The molecule has 2 rings (SSSR count). The third-order valence-electron chi connectivity index (χ3n) is 3.10. The summed E-state index contributed by atoms with van der Waals surface area (Å²) in [6.45, 7) is 4.81. The molecule has 0 spiro atoms. The lowest BCUT2D eigenvalue weighted by molar-refractivity contribution is 0.547. The third kappa shape index (κ3) is 2.97. The molecule has 0 aliphatic carbocycles. The predicted molar refractivity (Wildman–Crippen MR) is 75.1 cm³/mol. The van der Waals surface area contributed by atoms with Gasteiger partial charge in [0.25, 0.3) is 0 Å². The number of aryl methyl sites for hydroxylation is 1. The van der Waals surface area contributed by atoms with Crippen molar-refractivity contribution in [3.8, 4) is 0 Å². The van der Waals surface area contributed by atoms with Crippen molar-refractivity contribution in [1.82, 2.24) is 20.1 Å². The Kier molecular flexibility index (Phi) is 4.14. The van der Waals surface area contributed by atoms with Gasteiger partial charge in [0.2, 0.25) is 0 Å². The van der Waals surface area contributed by atoms with Gasteiger partial charge < -0.3 is 9.88 Å². The molecular formula is C13H17BrN4. The molecule has 0 bridgehead atoms. The summed E-state index contributed by atoms with van der Waals surface area (Å²) in [7, 11) is 1.98. The SMILES string of the molecule is Cc1nnc(CN[C@@H](C)c2cccc(Br)c2)n1C. The Bertz CT molecular complexity index is 536. The fraction of sp³-hybridized carbons (Fsp3) is 0.385. The lowest BCUT2D eigenvalue weighted by Gasteiger charge is -2.14. The minimum Gasteiger partial charge on any atom is -0.317 e. The van der Waals surface area contributed by atoms with Crippen molar-refractivity contribution in [2.45, 2.75) is 26.4 Å². The maximum Gasteiger partial charge on any atom is 0.146 e. The van der Waals surface area contributed by atoms with Crippen LogP contribution in [0, 0.1) is 6.92 Å². The van der Waals surface area contributed by atoms with E-state index >= 15 is 0 Å². The second-order valence-corrected chi connectivity index (χ2v) is 5.30. The highest BCUT2D eigenvalue weighted by molar-refractivity contribution is 9.10. The molecule has 0 unspecified atom stereocenters. The molecule has 1 atom stereocenters. The second-order valence-electron chi connectivity index (χ2n) is 4.38. The maximum absolute atomic E-state index is 4.14. The summed E-state index contributed by atoms with van der Waals surface area (Å²) in [4.78, 5) is 0. The molecule has 1 heterocycles. The number of nitrogens with zero attached hydrogens (tertiary/aromatic N) is 3. The molecule has 18 heavy (non-hydrogen) atoms. The Hall–Kier alpha value is -1.20. The van der Waals surface area contributed by atoms with Crippen molar-refractivity contribution in [3.63, 3.8) is 0 Å². The zero-order valence-electron chi connectivity index (χ0n) is 10.8. The van der Waals surface area contributed by atoms with E-state index in [4.69, 9.17) is 0 Å². The standard InChI is InChI=1S/C13H17BrN4/c1-9(11-5-4-6-12(14)7-11)15-8-13-17-16-10(2)18(13)3/h4-7,9,15H,8H2,1-3H3/t9-/m0/s1. The molecule has 0 amide bonds. The third-order valence-corrected chi connectivity index (χ3v) is 3.59. The van der Waals surface area contributed by atoms with E-state index in [0.29, 0.717) is 6.54 Å². The van der Waals surface area contributed by atoms with Crippen LogP contribution in [0.25, 0.3) is 0 Å². The number of benzene rings is 1. The van der Waals surface area contributed by atoms with Gasteiger partial charge in [0.05, 0.1) is 6.54 Å². The van der Waals surface area contributed by atoms with Crippen molar-refractivity contribution < 1.29 is 0 Å². The first-order valence-electron chi connectivity index (χ1n) is 5.91. The summed E-state index contributed by atoms with van der Waals surface area (Å²) in [6.07, 6.45) is 0. The molecule has 0 saturated heterocycles. The molecule has 96 valence electrons. The van der Waals surface area contributed by atoms with Crippen molar-refractivity contribution in [1.29, 1.82) is 0 Å². The predicted octanol–water partition coefficient (Wildman–Crippen LogP) is 2.74. The van der Waals surface area contributed by atoms with Crippen molar-refractivity contribution >= 4 is 15.9 Å². The summed E-state index contributed by atoms with van der Waals surface area (Å²) in [6, 6.07) is 8.59. The summed E-state index contributed by atoms with van der Waals surface area (Å²) in [5.74, 6) is 1.89. The van der Waals surface area contributed by atoms with Gasteiger partial charge in [0, 0.05) is 17.6 Å². The van der Waals surface area contributed by atoms with Crippen LogP contribution in [-0.2, 0) is 13.6 Å². The number of nitrogens with one attached hydrogen (secondary N) is 1. The minimum absolute atomic E-state index is 0.277. The molecule has 0 aliphatic heterocycles. The Balaban J connectivity index is 2.00. The number of rotatable bonds is 4. The van der Waals surface area contributed by atoms with Crippen LogP contribution in [0.1, 0.15) is 30.2 Å². The van der Waals surface area contributed by atoms with Crippen LogP contribution in [0.4, 0.5) is 0 Å². The molecule has 0 radical (unpaired) electrons. The average Bonchev–Trinajstić information content (AvgIpc) is 2.67. The van der Waals surface area contributed by atoms with E-state index in [9.17, 15) is 0 Å². The van der Waals surface area contributed by atoms with E-state index in [2.05, 4.69) is 50.5 Å². The zero-order valence-corrected chi connectivity index (χ0v) is 12.4. The van der Waals surface area contributed by atoms with Crippen LogP contribution in [0.3, 0.4) is 0 Å². The average molecular weight is 309 g/mol. The summed E-state index contributed by atoms with van der Waals surface area (Å²) in [5, 5.41) is 11.6. The first kappa shape index (κ1) is 13.2. The van der Waals surface area contributed by atoms with Gasteiger partial charge in [-0.1, -0.05) is 28.1 Å². The molecular weight excluding hydrogens is 292 g/mol. The van der Waals surface area contributed by atoms with E-state index in [0.717, 1.165) is 16.1 Å². The van der Waals surface area contributed by atoms with Gasteiger partial charge in [-0.3, -0.25) is 0 Å². The van der Waals surface area contributed by atoms with E-state index in [-0.39, 0.29) is 6.04 Å². The van der Waals surface area contributed by atoms with Gasteiger partial charge in [0.1, 0.15) is 11.6 Å². The fourth-order valence-electron chi connectivity index (χ4n) is 1.74. The van der Waals surface area contributed by atoms with Crippen LogP contribution in [0.2, 0.25) is 0 Å². The van der Waals surface area contributed by atoms with Gasteiger partial charge in [-0.25, -0.2) is 0 Å². The summed E-state index contributed by atoms with van der Waals surface area (Å²) >= 11 is 3.49. The Morgan fingerprint density at radius 1 is 1.39 bits per heavy atom. The van der Waals surface area contributed by atoms with Crippen LogP contribution in [-0.4, -0.2) is 14.8 Å². The van der Waals surface area contributed by atoms with Crippen LogP contribution >= 0.6 is 15.9 Å². The van der Waals surface area contributed by atoms with Gasteiger partial charge in [-0.15, -0.1) is 10.2 Å². The van der Waals surface area contributed by atoms with Crippen molar-refractivity contribution in [2.75, 3.05) is 0 Å². The Morgan fingerprint density at radius 2 is 2.17 bits per heavy atom. The number of aromatic nitrogens is 3. The highest BCUT2D eigenvalue weighted by Crippen LogP contribution is 2.18. The topological polar surface area (TPSA) is 42.7 Å². The van der Waals surface area contributed by atoms with E-state index < -0.39 is 0 Å². The molecule has 1 N–H and O–H groups in total. The van der Waals surface area contributed by atoms with E-state index in [1.807, 2.05) is 30.7 Å². The van der Waals surface area contributed by atoms with Crippen LogP contribution < -0.4 is 5.32 Å². The number of hydrogen-bond donors (Lipinski definition) is 1. The molecule has 0 saturated carbocycles. The molecule has 1 aromatic heterocycles. The Morgan fingerprint density at radius 3 is 2.78 bits per heavy atom. The highest BCUT2D eigenvalue weighted by Gasteiger charge is 2.08. The largest absolute Gasteiger partial charge is 0.317 e. The highest BCUT2D eigenvalue weighted by atomic mass is 79.9. The molecule has 0 fully saturated rings. The lowest BCUT2D eigenvalue weighted by Crippen LogP contribution is -2.20.